The monoisotopic (exact) mass is 801 g/mol. The van der Waals surface area contributed by atoms with Gasteiger partial charge in [-0.1, -0.05) is 231 Å². The molecule has 0 fully saturated rings. The van der Waals surface area contributed by atoms with Crippen molar-refractivity contribution in [2.24, 2.45) is 0 Å². The molecular weight excluding hydrogens is 759 g/mol. The summed E-state index contributed by atoms with van der Waals surface area (Å²) in [6, 6.07) is 96.5. The highest BCUT2D eigenvalue weighted by Crippen LogP contribution is 2.66. The van der Waals surface area contributed by atoms with Crippen molar-refractivity contribution >= 4 is 17.1 Å². The molecule has 0 atom stereocenters. The van der Waals surface area contributed by atoms with Gasteiger partial charge in [0.25, 0.3) is 0 Å². The van der Waals surface area contributed by atoms with E-state index in [4.69, 9.17) is 0 Å². The third kappa shape index (κ3) is 5.50. The number of nitrogens with zero attached hydrogens (tertiary/aromatic N) is 1. The van der Waals surface area contributed by atoms with Crippen LogP contribution >= 0.6 is 0 Å². The molecule has 1 nitrogen and oxygen atoms in total. The summed E-state index contributed by atoms with van der Waals surface area (Å²) in [4.78, 5) is 2.47. The van der Waals surface area contributed by atoms with Crippen LogP contribution in [-0.4, -0.2) is 0 Å². The second-order valence-electron chi connectivity index (χ2n) is 16.7. The maximum atomic E-state index is 2.47. The minimum atomic E-state index is -0.595. The van der Waals surface area contributed by atoms with Crippen LogP contribution in [-0.2, 0) is 10.8 Å². The van der Waals surface area contributed by atoms with E-state index in [9.17, 15) is 0 Å². The van der Waals surface area contributed by atoms with Crippen LogP contribution in [0.15, 0.2) is 261 Å². The maximum Gasteiger partial charge on any atom is 0.0720 e. The summed E-state index contributed by atoms with van der Waals surface area (Å²) in [5, 5.41) is 0. The fourth-order valence-corrected chi connectivity index (χ4v) is 11.1. The summed E-state index contributed by atoms with van der Waals surface area (Å²) in [5.74, 6) is 0. The van der Waals surface area contributed by atoms with Crippen LogP contribution in [0.25, 0.3) is 33.4 Å². The largest absolute Gasteiger partial charge is 0.310 e. The van der Waals surface area contributed by atoms with Gasteiger partial charge in [0, 0.05) is 16.9 Å². The van der Waals surface area contributed by atoms with Gasteiger partial charge in [0.15, 0.2) is 0 Å². The summed E-state index contributed by atoms with van der Waals surface area (Å²) in [6.45, 7) is 0. The molecule has 0 bridgehead atoms. The molecule has 1 spiro atoms. The number of fused-ring (bicyclic) bond motifs is 9. The van der Waals surface area contributed by atoms with Crippen molar-refractivity contribution in [1.82, 2.24) is 0 Å². The van der Waals surface area contributed by atoms with Crippen molar-refractivity contribution in [3.8, 4) is 33.4 Å². The molecule has 2 aliphatic rings. The summed E-state index contributed by atoms with van der Waals surface area (Å²) in [6.07, 6.45) is 0. The molecule has 10 aromatic carbocycles. The zero-order valence-corrected chi connectivity index (χ0v) is 34.8. The Balaban J connectivity index is 1.14. The molecule has 2 aliphatic carbocycles. The first kappa shape index (κ1) is 36.8. The molecule has 63 heavy (non-hydrogen) atoms. The number of anilines is 3. The molecule has 12 rings (SSSR count). The Morgan fingerprint density at radius 1 is 0.238 bits per heavy atom. The standard InChI is InChI=1S/C62H43N/c1-5-20-44(21-6-1)46-36-40-50(41-37-46)63(51-42-38-47(39-43-51)45-22-7-2-8-23-45)59-35-19-34-58-60(59)52-28-13-14-29-53(52)62(58)56-32-17-15-30-54(56)61(48-24-9-3-10-25-48,49-26-11-4-12-27-49)55-31-16-18-33-57(55)62/h1-43H. The van der Waals surface area contributed by atoms with E-state index >= 15 is 0 Å². The van der Waals surface area contributed by atoms with Crippen LogP contribution in [0.4, 0.5) is 17.1 Å². The van der Waals surface area contributed by atoms with Gasteiger partial charge >= 0.3 is 0 Å². The minimum Gasteiger partial charge on any atom is -0.310 e. The second-order valence-corrected chi connectivity index (χ2v) is 16.7. The van der Waals surface area contributed by atoms with E-state index in [0.29, 0.717) is 0 Å². The molecule has 0 radical (unpaired) electrons. The third-order valence-electron chi connectivity index (χ3n) is 13.6. The maximum absolute atomic E-state index is 2.47. The van der Waals surface area contributed by atoms with E-state index < -0.39 is 10.8 Å². The molecule has 0 N–H and O–H groups in total. The zero-order chi connectivity index (χ0) is 41.8. The van der Waals surface area contributed by atoms with Gasteiger partial charge in [0.1, 0.15) is 0 Å². The lowest BCUT2D eigenvalue weighted by Gasteiger charge is -2.50. The average molecular weight is 802 g/mol. The van der Waals surface area contributed by atoms with Crippen LogP contribution in [0.2, 0.25) is 0 Å². The fourth-order valence-electron chi connectivity index (χ4n) is 11.1. The lowest BCUT2D eigenvalue weighted by Crippen LogP contribution is -2.44. The molecule has 0 aliphatic heterocycles. The highest BCUT2D eigenvalue weighted by molar-refractivity contribution is 5.99. The van der Waals surface area contributed by atoms with E-state index in [-0.39, 0.29) is 0 Å². The van der Waals surface area contributed by atoms with Gasteiger partial charge in [0.2, 0.25) is 0 Å². The van der Waals surface area contributed by atoms with Gasteiger partial charge in [-0.25, -0.2) is 0 Å². The highest BCUT2D eigenvalue weighted by Gasteiger charge is 2.57. The molecule has 296 valence electrons. The minimum absolute atomic E-state index is 0.552. The predicted molar refractivity (Wildman–Crippen MR) is 261 cm³/mol. The molecule has 1 heteroatoms. The van der Waals surface area contributed by atoms with Gasteiger partial charge in [-0.3, -0.25) is 0 Å². The van der Waals surface area contributed by atoms with E-state index in [1.807, 2.05) is 0 Å². The molecule has 10 aromatic rings. The van der Waals surface area contributed by atoms with Crippen molar-refractivity contribution in [2.75, 3.05) is 4.90 Å². The van der Waals surface area contributed by atoms with Gasteiger partial charge in [-0.05, 0) is 103 Å². The second kappa shape index (κ2) is 14.9. The first-order chi connectivity index (χ1) is 31.3. The van der Waals surface area contributed by atoms with E-state index in [1.165, 1.54) is 77.9 Å². The first-order valence-corrected chi connectivity index (χ1v) is 21.9. The molecular formula is C62H43N. The Kier molecular flexibility index (Phi) is 8.69. The number of rotatable bonds is 7. The summed E-state index contributed by atoms with van der Waals surface area (Å²) >= 11 is 0. The normalized spacial score (nSPS) is 13.7. The Bertz CT molecular complexity index is 3070. The Hall–Kier alpha value is -8.00. The van der Waals surface area contributed by atoms with Gasteiger partial charge in [0.05, 0.1) is 16.5 Å². The van der Waals surface area contributed by atoms with E-state index in [2.05, 4.69) is 266 Å². The number of hydrogen-bond acceptors (Lipinski definition) is 1. The van der Waals surface area contributed by atoms with Crippen LogP contribution < -0.4 is 4.90 Å². The SMILES string of the molecule is c1ccc(-c2ccc(N(c3ccc(-c4ccccc4)cc3)c3cccc4c3-c3ccccc3C43c4ccccc4C(c4ccccc4)(c4ccccc4)c4ccccc43)cc2)cc1. The lowest BCUT2D eigenvalue weighted by atomic mass is 9.51. The number of benzene rings is 10. The Morgan fingerprint density at radius 3 is 1.05 bits per heavy atom. The molecule has 0 saturated heterocycles. The van der Waals surface area contributed by atoms with Crippen molar-refractivity contribution in [3.05, 3.63) is 305 Å². The van der Waals surface area contributed by atoms with Crippen LogP contribution in [0.1, 0.15) is 44.5 Å². The first-order valence-electron chi connectivity index (χ1n) is 21.9. The lowest BCUT2D eigenvalue weighted by molar-refractivity contribution is 0.623. The fraction of sp³-hybridized carbons (Fsp3) is 0.0323. The van der Waals surface area contributed by atoms with Crippen molar-refractivity contribution in [2.45, 2.75) is 10.8 Å². The predicted octanol–water partition coefficient (Wildman–Crippen LogP) is 15.5. The molecule has 0 aromatic heterocycles. The topological polar surface area (TPSA) is 3.24 Å². The van der Waals surface area contributed by atoms with Crippen LogP contribution in [0.5, 0.6) is 0 Å². The zero-order valence-electron chi connectivity index (χ0n) is 34.8. The van der Waals surface area contributed by atoms with Gasteiger partial charge in [-0.15, -0.1) is 0 Å². The smallest absolute Gasteiger partial charge is 0.0720 e. The molecule has 0 saturated carbocycles. The highest BCUT2D eigenvalue weighted by atomic mass is 15.1. The summed E-state index contributed by atoms with van der Waals surface area (Å²) in [5.41, 5.74) is 19.9. The van der Waals surface area contributed by atoms with E-state index in [1.54, 1.807) is 0 Å². The van der Waals surface area contributed by atoms with Crippen molar-refractivity contribution < 1.29 is 0 Å². The van der Waals surface area contributed by atoms with Crippen molar-refractivity contribution in [1.29, 1.82) is 0 Å². The summed E-state index contributed by atoms with van der Waals surface area (Å²) < 4.78 is 0. The van der Waals surface area contributed by atoms with E-state index in [0.717, 1.165) is 17.1 Å². The van der Waals surface area contributed by atoms with Crippen LogP contribution in [0.3, 0.4) is 0 Å². The average Bonchev–Trinajstić information content (AvgIpc) is 3.67. The Labute approximate surface area is 369 Å². The molecule has 0 heterocycles. The van der Waals surface area contributed by atoms with Crippen LogP contribution in [0, 0.1) is 0 Å². The van der Waals surface area contributed by atoms with Crippen molar-refractivity contribution in [3.63, 3.8) is 0 Å². The molecule has 0 amide bonds. The quantitative estimate of drug-likeness (QED) is 0.155. The molecule has 0 unspecified atom stereocenters. The number of hydrogen-bond donors (Lipinski definition) is 0. The summed E-state index contributed by atoms with van der Waals surface area (Å²) in [7, 11) is 0. The third-order valence-corrected chi connectivity index (χ3v) is 13.6. The Morgan fingerprint density at radius 2 is 0.587 bits per heavy atom. The van der Waals surface area contributed by atoms with Gasteiger partial charge in [-0.2, -0.15) is 0 Å². The van der Waals surface area contributed by atoms with Gasteiger partial charge < -0.3 is 4.90 Å².